The van der Waals surface area contributed by atoms with Gasteiger partial charge in [0.25, 0.3) is 0 Å². The number of fused-ring (bicyclic) bond motifs is 5. The molecule has 9 nitrogen and oxygen atoms in total. The first-order valence-corrected chi connectivity index (χ1v) is 15.5. The molecule has 0 radical (unpaired) electrons. The Morgan fingerprint density at radius 1 is 1.03 bits per heavy atom. The maximum Gasteiger partial charge on any atom is 1.00 e. The summed E-state index contributed by atoms with van der Waals surface area (Å²) in [5, 5.41) is 53.4. The number of hydrogen-bond donors (Lipinski definition) is 5. The Morgan fingerprint density at radius 3 is 2.34 bits per heavy atom. The molecule has 38 heavy (non-hydrogen) atoms. The van der Waals surface area contributed by atoms with E-state index in [-0.39, 0.29) is 82.0 Å². The predicted molar refractivity (Wildman–Crippen MR) is 135 cm³/mol. The van der Waals surface area contributed by atoms with E-state index in [1.54, 1.807) is 0 Å². The molecule has 4 saturated carbocycles. The van der Waals surface area contributed by atoms with E-state index in [0.717, 1.165) is 32.1 Å². The van der Waals surface area contributed by atoms with Gasteiger partial charge >= 0.3 is 29.6 Å². The maximum atomic E-state index is 11.7. The van der Waals surface area contributed by atoms with Crippen LogP contribution in [0.3, 0.4) is 0 Å². The van der Waals surface area contributed by atoms with E-state index < -0.39 is 47.8 Å². The van der Waals surface area contributed by atoms with Gasteiger partial charge in [-0.25, -0.2) is 8.42 Å². The first kappa shape index (κ1) is 33.2. The number of aliphatic hydroxyl groups excluding tert-OH is 5. The molecular weight excluding hydrogens is 523 g/mol. The van der Waals surface area contributed by atoms with Crippen LogP contribution < -0.4 is 29.6 Å². The molecular formula is C27H47NaO9S. The fourth-order valence-electron chi connectivity index (χ4n) is 9.46. The molecule has 4 aliphatic carbocycles. The molecule has 0 amide bonds. The Balaban J connectivity index is 0.00000400. The van der Waals surface area contributed by atoms with E-state index >= 15 is 0 Å². The van der Waals surface area contributed by atoms with Crippen molar-refractivity contribution in [2.45, 2.75) is 103 Å². The molecule has 0 heterocycles. The van der Waals surface area contributed by atoms with Gasteiger partial charge in [0.15, 0.2) is 0 Å². The summed E-state index contributed by atoms with van der Waals surface area (Å²) >= 11 is 0. The van der Waals surface area contributed by atoms with Gasteiger partial charge < -0.3 is 30.1 Å². The maximum absolute atomic E-state index is 11.7. The van der Waals surface area contributed by atoms with Gasteiger partial charge in [-0.05, 0) is 104 Å². The minimum Gasteiger partial charge on any atom is -0.726 e. The third-order valence-corrected chi connectivity index (χ3v) is 12.1. The van der Waals surface area contributed by atoms with E-state index in [1.807, 2.05) is 0 Å². The van der Waals surface area contributed by atoms with E-state index in [0.29, 0.717) is 25.7 Å². The average Bonchev–Trinajstić information content (AvgIpc) is 3.17. The first-order valence-electron chi connectivity index (χ1n) is 14.2. The van der Waals surface area contributed by atoms with Gasteiger partial charge in [-0.3, -0.25) is 4.18 Å². The van der Waals surface area contributed by atoms with E-state index in [9.17, 15) is 38.5 Å². The second kappa shape index (κ2) is 12.5. The van der Waals surface area contributed by atoms with Crippen LogP contribution in [0.25, 0.3) is 0 Å². The molecule has 0 spiro atoms. The van der Waals surface area contributed by atoms with Crippen molar-refractivity contribution in [2.75, 3.05) is 13.2 Å². The van der Waals surface area contributed by atoms with Crippen LogP contribution in [-0.2, 0) is 14.6 Å². The van der Waals surface area contributed by atoms with Crippen molar-refractivity contribution in [2.24, 2.45) is 52.3 Å². The molecule has 0 aromatic rings. The van der Waals surface area contributed by atoms with Crippen LogP contribution in [-0.4, -0.2) is 76.1 Å². The molecule has 0 saturated heterocycles. The van der Waals surface area contributed by atoms with Crippen LogP contribution in [0.4, 0.5) is 0 Å². The van der Waals surface area contributed by atoms with E-state index in [1.165, 1.54) is 0 Å². The van der Waals surface area contributed by atoms with Crippen LogP contribution >= 0.6 is 0 Å². The predicted octanol–water partition coefficient (Wildman–Crippen LogP) is -1.19. The number of aliphatic hydroxyl groups is 5. The van der Waals surface area contributed by atoms with E-state index in [4.69, 9.17) is 0 Å². The molecule has 13 atom stereocenters. The van der Waals surface area contributed by atoms with Crippen molar-refractivity contribution in [1.29, 1.82) is 0 Å². The summed E-state index contributed by atoms with van der Waals surface area (Å²) < 4.78 is 36.5. The third kappa shape index (κ3) is 6.21. The first-order chi connectivity index (χ1) is 17.2. The molecule has 0 bridgehead atoms. The largest absolute Gasteiger partial charge is 1.00 e. The zero-order valence-corrected chi connectivity index (χ0v) is 26.2. The standard InChI is InChI=1S/C27H48O9S.Na/c1-15(4-7-22(30)16(13-28)14-36-37(33,34)35)19-5-6-20-25-21(12-24(32)27(19,20)3)26(2)9-8-18(29)10-17(26)11-23(25)31;/h15-25,28-32H,4-14H2,1-3H3,(H,33,34,35);/q;+1/p-1/t15-,16?,17+,18-,19-,20+,21+,22+,23-,24+,25+,26+,27-;/m1./s1. The van der Waals surface area contributed by atoms with Gasteiger partial charge in [-0.15, -0.1) is 0 Å². The topological polar surface area (TPSA) is 168 Å². The normalized spacial score (nSPS) is 45.2. The second-order valence-corrected chi connectivity index (χ2v) is 14.3. The van der Waals surface area contributed by atoms with Gasteiger partial charge in [-0.1, -0.05) is 20.8 Å². The second-order valence-electron chi connectivity index (χ2n) is 13.3. The van der Waals surface area contributed by atoms with Crippen LogP contribution in [0.1, 0.15) is 78.6 Å². The van der Waals surface area contributed by atoms with Crippen LogP contribution in [0.2, 0.25) is 0 Å². The van der Waals surface area contributed by atoms with Crippen molar-refractivity contribution in [3.8, 4) is 0 Å². The van der Waals surface area contributed by atoms with Crippen LogP contribution in [0.5, 0.6) is 0 Å². The number of hydrogen-bond acceptors (Lipinski definition) is 9. The number of rotatable bonds is 9. The summed E-state index contributed by atoms with van der Waals surface area (Å²) in [7, 11) is -4.90. The van der Waals surface area contributed by atoms with Gasteiger partial charge in [0, 0.05) is 5.92 Å². The third-order valence-electron chi connectivity index (χ3n) is 11.6. The molecule has 0 aromatic carbocycles. The Morgan fingerprint density at radius 2 is 1.71 bits per heavy atom. The zero-order chi connectivity index (χ0) is 27.3. The molecule has 4 fully saturated rings. The summed E-state index contributed by atoms with van der Waals surface area (Å²) in [5.41, 5.74) is -0.321. The van der Waals surface area contributed by atoms with Crippen LogP contribution in [0, 0.1) is 52.3 Å². The SMILES string of the molecule is C[C@H](CC[C@H](O)C(CO)COS(=O)(=O)[O-])[C@H]1CC[C@H]2[C@@H]3[C@H](O)C[C@@H]4C[C@H](O)CC[C@]4(C)[C@H]3C[C@H](O)[C@]12C.[Na+]. The molecule has 5 N–H and O–H groups in total. The Hall–Kier alpha value is 0.670. The van der Waals surface area contributed by atoms with Crippen molar-refractivity contribution in [3.05, 3.63) is 0 Å². The van der Waals surface area contributed by atoms with Crippen LogP contribution in [0.15, 0.2) is 0 Å². The Kier molecular flexibility index (Phi) is 10.9. The Labute approximate surface area is 250 Å². The molecule has 4 aliphatic rings. The van der Waals surface area contributed by atoms with Crippen molar-refractivity contribution in [3.63, 3.8) is 0 Å². The minimum atomic E-state index is -4.90. The monoisotopic (exact) mass is 570 g/mol. The molecule has 11 heteroatoms. The molecule has 1 unspecified atom stereocenters. The summed E-state index contributed by atoms with van der Waals surface area (Å²) in [6.07, 6.45) is 4.42. The molecule has 4 rings (SSSR count). The van der Waals surface area contributed by atoms with Crippen molar-refractivity contribution in [1.82, 2.24) is 0 Å². The van der Waals surface area contributed by atoms with Gasteiger partial charge in [0.05, 0.1) is 37.6 Å². The van der Waals surface area contributed by atoms with E-state index in [2.05, 4.69) is 25.0 Å². The Bertz CT molecular complexity index is 905. The smallest absolute Gasteiger partial charge is 0.726 e. The summed E-state index contributed by atoms with van der Waals surface area (Å²) in [5.74, 6) is 0.355. The fraction of sp³-hybridized carbons (Fsp3) is 1.00. The zero-order valence-electron chi connectivity index (χ0n) is 23.4. The van der Waals surface area contributed by atoms with Crippen molar-refractivity contribution < 1.29 is 72.2 Å². The molecule has 0 aromatic heterocycles. The van der Waals surface area contributed by atoms with Gasteiger partial charge in [0.2, 0.25) is 10.4 Å². The summed E-state index contributed by atoms with van der Waals surface area (Å²) in [4.78, 5) is 0. The quantitative estimate of drug-likeness (QED) is 0.130. The minimum absolute atomic E-state index is 0. The molecule has 216 valence electrons. The fourth-order valence-corrected chi connectivity index (χ4v) is 9.80. The van der Waals surface area contributed by atoms with Crippen molar-refractivity contribution >= 4 is 10.4 Å². The molecule has 0 aliphatic heterocycles. The van der Waals surface area contributed by atoms with Gasteiger partial charge in [-0.2, -0.15) is 0 Å². The summed E-state index contributed by atoms with van der Waals surface area (Å²) in [6.45, 7) is 5.56. The van der Waals surface area contributed by atoms with Gasteiger partial charge in [0.1, 0.15) is 0 Å². The summed E-state index contributed by atoms with van der Waals surface area (Å²) in [6, 6.07) is 0. The average molecular weight is 571 g/mol.